The molecule has 0 unspecified atom stereocenters. The number of rotatable bonds is 9. The lowest BCUT2D eigenvalue weighted by atomic mass is 10.3. The van der Waals surface area contributed by atoms with Crippen LogP contribution in [0.3, 0.4) is 0 Å². The summed E-state index contributed by atoms with van der Waals surface area (Å²) < 4.78 is 26.1. The lowest BCUT2D eigenvalue weighted by Crippen LogP contribution is -2.26. The summed E-state index contributed by atoms with van der Waals surface area (Å²) in [6, 6.07) is 0.697. The quantitative estimate of drug-likeness (QED) is 0.677. The van der Waals surface area contributed by atoms with Crippen molar-refractivity contribution in [2.24, 2.45) is 0 Å². The monoisotopic (exact) mass is 303 g/mol. The van der Waals surface area contributed by atoms with E-state index in [4.69, 9.17) is 0 Å². The van der Waals surface area contributed by atoms with Gasteiger partial charge in [0.05, 0.1) is 23.0 Å². The minimum atomic E-state index is -3.17. The van der Waals surface area contributed by atoms with E-state index >= 15 is 0 Å². The fourth-order valence-corrected chi connectivity index (χ4v) is 3.47. The molecule has 0 spiro atoms. The van der Waals surface area contributed by atoms with Gasteiger partial charge < -0.3 is 5.32 Å². The van der Waals surface area contributed by atoms with Crippen molar-refractivity contribution >= 4 is 21.4 Å². The summed E-state index contributed by atoms with van der Waals surface area (Å²) in [5.41, 5.74) is 0.793. The maximum atomic E-state index is 11.8. The summed E-state index contributed by atoms with van der Waals surface area (Å²) in [5, 5.41) is 6.22. The molecule has 1 fully saturated rings. The van der Waals surface area contributed by atoms with Gasteiger partial charge in [-0.1, -0.05) is 0 Å². The highest BCUT2D eigenvalue weighted by Crippen LogP contribution is 2.18. The van der Waals surface area contributed by atoms with Gasteiger partial charge in [0.25, 0.3) is 0 Å². The molecule has 1 heterocycles. The van der Waals surface area contributed by atoms with Crippen molar-refractivity contribution in [3.05, 3.63) is 16.1 Å². The summed E-state index contributed by atoms with van der Waals surface area (Å²) in [7, 11) is -3.17. The van der Waals surface area contributed by atoms with Gasteiger partial charge in [-0.15, -0.1) is 11.3 Å². The molecule has 1 saturated carbocycles. The van der Waals surface area contributed by atoms with Crippen LogP contribution in [0.5, 0.6) is 0 Å². The Morgan fingerprint density at radius 3 is 2.84 bits per heavy atom. The van der Waals surface area contributed by atoms with Crippen LogP contribution in [0.15, 0.2) is 5.38 Å². The maximum absolute atomic E-state index is 11.8. The summed E-state index contributed by atoms with van der Waals surface area (Å²) in [4.78, 5) is 4.23. The first-order valence-electron chi connectivity index (χ1n) is 6.67. The molecule has 0 bridgehead atoms. The van der Waals surface area contributed by atoms with Gasteiger partial charge in [0.15, 0.2) is 0 Å². The molecule has 5 nitrogen and oxygen atoms in total. The molecule has 1 aromatic rings. The molecule has 0 saturated heterocycles. The van der Waals surface area contributed by atoms with E-state index in [2.05, 4.69) is 15.0 Å². The number of aromatic nitrogens is 1. The zero-order valence-corrected chi connectivity index (χ0v) is 12.8. The SMILES string of the molecule is Cc1nc(CNS(=O)(=O)CCCCNC2CC2)cs1. The Kier molecular flexibility index (Phi) is 5.32. The molecule has 0 aromatic carbocycles. The summed E-state index contributed by atoms with van der Waals surface area (Å²) in [6.07, 6.45) is 4.15. The Balaban J connectivity index is 1.60. The fraction of sp³-hybridized carbons (Fsp3) is 0.750. The van der Waals surface area contributed by atoms with E-state index in [9.17, 15) is 8.42 Å². The summed E-state index contributed by atoms with van der Waals surface area (Å²) in [5.74, 6) is 0.197. The van der Waals surface area contributed by atoms with E-state index in [1.165, 1.54) is 24.2 Å². The molecular weight excluding hydrogens is 282 g/mol. The Morgan fingerprint density at radius 2 is 2.21 bits per heavy atom. The molecule has 0 amide bonds. The highest BCUT2D eigenvalue weighted by molar-refractivity contribution is 7.89. The number of nitrogens with one attached hydrogen (secondary N) is 2. The van der Waals surface area contributed by atoms with Crippen LogP contribution in [-0.2, 0) is 16.6 Å². The van der Waals surface area contributed by atoms with Crippen LogP contribution < -0.4 is 10.0 Å². The molecule has 1 aromatic heterocycles. The number of hydrogen-bond acceptors (Lipinski definition) is 5. The highest BCUT2D eigenvalue weighted by Gasteiger charge is 2.19. The van der Waals surface area contributed by atoms with Crippen LogP contribution in [0.25, 0.3) is 0 Å². The number of hydrogen-bond donors (Lipinski definition) is 2. The van der Waals surface area contributed by atoms with Gasteiger partial charge in [0, 0.05) is 11.4 Å². The molecule has 0 aliphatic heterocycles. The Bertz CT molecular complexity index is 495. The molecule has 7 heteroatoms. The topological polar surface area (TPSA) is 71.1 Å². The van der Waals surface area contributed by atoms with Crippen LogP contribution in [0, 0.1) is 6.92 Å². The molecule has 108 valence electrons. The fourth-order valence-electron chi connectivity index (χ4n) is 1.76. The molecule has 0 radical (unpaired) electrons. The van der Waals surface area contributed by atoms with Crippen molar-refractivity contribution in [3.8, 4) is 0 Å². The van der Waals surface area contributed by atoms with E-state index in [1.54, 1.807) is 0 Å². The van der Waals surface area contributed by atoms with Gasteiger partial charge >= 0.3 is 0 Å². The number of thiazole rings is 1. The van der Waals surface area contributed by atoms with Gasteiger partial charge in [-0.25, -0.2) is 18.1 Å². The average Bonchev–Trinajstić information content (AvgIpc) is 3.08. The molecular formula is C12H21N3O2S2. The molecule has 2 rings (SSSR count). The van der Waals surface area contributed by atoms with E-state index in [1.807, 2.05) is 12.3 Å². The highest BCUT2D eigenvalue weighted by atomic mass is 32.2. The van der Waals surface area contributed by atoms with Gasteiger partial charge in [-0.2, -0.15) is 0 Å². The van der Waals surface area contributed by atoms with Gasteiger partial charge in [0.2, 0.25) is 10.0 Å². The third-order valence-corrected chi connectivity index (χ3v) is 5.22. The Hall–Kier alpha value is -0.500. The lowest BCUT2D eigenvalue weighted by molar-refractivity contribution is 0.572. The second-order valence-electron chi connectivity index (χ2n) is 4.93. The summed E-state index contributed by atoms with van der Waals surface area (Å²) >= 11 is 1.53. The first-order chi connectivity index (χ1) is 9.05. The van der Waals surface area contributed by atoms with E-state index < -0.39 is 10.0 Å². The van der Waals surface area contributed by atoms with Gasteiger partial charge in [-0.3, -0.25) is 0 Å². The lowest BCUT2D eigenvalue weighted by Gasteiger charge is -2.06. The minimum Gasteiger partial charge on any atom is -0.314 e. The zero-order valence-electron chi connectivity index (χ0n) is 11.2. The second-order valence-corrected chi connectivity index (χ2v) is 7.92. The van der Waals surface area contributed by atoms with Crippen LogP contribution in [0.1, 0.15) is 36.4 Å². The second kappa shape index (κ2) is 6.78. The number of nitrogens with zero attached hydrogens (tertiary/aromatic N) is 1. The molecule has 0 atom stereocenters. The smallest absolute Gasteiger partial charge is 0.211 e. The predicted octanol–water partition coefficient (Wildman–Crippen LogP) is 1.40. The van der Waals surface area contributed by atoms with Crippen molar-refractivity contribution in [1.82, 2.24) is 15.0 Å². The number of unbranched alkanes of at least 4 members (excludes halogenated alkanes) is 1. The van der Waals surface area contributed by atoms with E-state index in [0.29, 0.717) is 19.0 Å². The molecule has 1 aliphatic carbocycles. The van der Waals surface area contributed by atoms with E-state index in [-0.39, 0.29) is 5.75 Å². The number of sulfonamides is 1. The van der Waals surface area contributed by atoms with Crippen molar-refractivity contribution in [2.75, 3.05) is 12.3 Å². The Morgan fingerprint density at radius 1 is 1.42 bits per heavy atom. The summed E-state index contributed by atoms with van der Waals surface area (Å²) in [6.45, 7) is 3.13. The van der Waals surface area contributed by atoms with Crippen molar-refractivity contribution in [2.45, 2.75) is 45.2 Å². The normalized spacial score (nSPS) is 15.8. The van der Waals surface area contributed by atoms with Crippen LogP contribution in [0.4, 0.5) is 0 Å². The average molecular weight is 303 g/mol. The van der Waals surface area contributed by atoms with Gasteiger partial charge in [0.1, 0.15) is 0 Å². The third kappa shape index (κ3) is 5.99. The van der Waals surface area contributed by atoms with Crippen molar-refractivity contribution in [1.29, 1.82) is 0 Å². The van der Waals surface area contributed by atoms with Crippen LogP contribution in [-0.4, -0.2) is 31.7 Å². The predicted molar refractivity (Wildman–Crippen MR) is 77.7 cm³/mol. The molecule has 2 N–H and O–H groups in total. The molecule has 1 aliphatic rings. The molecule has 19 heavy (non-hydrogen) atoms. The third-order valence-electron chi connectivity index (χ3n) is 2.99. The van der Waals surface area contributed by atoms with E-state index in [0.717, 1.165) is 23.7 Å². The maximum Gasteiger partial charge on any atom is 0.211 e. The van der Waals surface area contributed by atoms with Crippen molar-refractivity contribution < 1.29 is 8.42 Å². The number of aryl methyl sites for hydroxylation is 1. The zero-order chi connectivity index (χ0) is 13.7. The first kappa shape index (κ1) is 14.9. The standard InChI is InChI=1S/C12H21N3O2S2/c1-10-15-12(9-18-10)8-14-19(16,17)7-3-2-6-13-11-4-5-11/h9,11,13-14H,2-8H2,1H3. The van der Waals surface area contributed by atoms with Gasteiger partial charge in [-0.05, 0) is 39.2 Å². The first-order valence-corrected chi connectivity index (χ1v) is 9.20. The van der Waals surface area contributed by atoms with Crippen LogP contribution in [0.2, 0.25) is 0 Å². The van der Waals surface area contributed by atoms with Crippen molar-refractivity contribution in [3.63, 3.8) is 0 Å². The minimum absolute atomic E-state index is 0.197. The Labute approximate surface area is 118 Å². The largest absolute Gasteiger partial charge is 0.314 e. The van der Waals surface area contributed by atoms with Crippen LogP contribution >= 0.6 is 11.3 Å².